The second-order valence-electron chi connectivity index (χ2n) is 13.7. The summed E-state index contributed by atoms with van der Waals surface area (Å²) in [7, 11) is 2.04. The molecular formula is C50H52ClN9S3. The van der Waals surface area contributed by atoms with Crippen molar-refractivity contribution in [2.75, 3.05) is 41.8 Å². The summed E-state index contributed by atoms with van der Waals surface area (Å²) in [6.45, 7) is 5.67. The minimum atomic E-state index is 0. The predicted octanol–water partition coefficient (Wildman–Crippen LogP) is 14.1. The number of anilines is 5. The first-order valence-electron chi connectivity index (χ1n) is 19.6. The lowest BCUT2D eigenvalue weighted by atomic mass is 10.2. The number of para-hydroxylation sites is 3. The summed E-state index contributed by atoms with van der Waals surface area (Å²) in [4.78, 5) is 32.3. The molecule has 0 unspecified atom stereocenters. The Kier molecular flexibility index (Phi) is 18.0. The standard InChI is InChI=1S/C17H17N3S.C16H15N3S.C9H7ClN2.C7H9NS.CH4/c1-12-18-16-7-5-4-6-15(16)17(19-12)20(2)13-8-10-14(21-3)11-9-13;1-11-17-15-6-4-3-5-14(15)16(18-11)19-12-7-9-13(20-2)10-8-12;1-6-11-8-5-3-2-4-7(8)9(10)12-6;1-9-7-4-2-6(8)3-5-7;/h4-11H,1-3H3;3-10H,1-2H3,(H,17,18,19);2-5H,1H3;2-5H,8H2,1H3;1H4. The number of rotatable bonds is 7. The molecule has 0 radical (unpaired) electrons. The first-order chi connectivity index (χ1) is 30.0. The number of nitrogen functional groups attached to an aromatic ring is 1. The molecule has 0 bridgehead atoms. The van der Waals surface area contributed by atoms with Crippen LogP contribution in [-0.2, 0) is 0 Å². The molecule has 0 saturated heterocycles. The van der Waals surface area contributed by atoms with Gasteiger partial charge in [-0.25, -0.2) is 29.9 Å². The molecule has 3 heterocycles. The van der Waals surface area contributed by atoms with Gasteiger partial charge in [0.25, 0.3) is 0 Å². The fraction of sp³-hybridized carbons (Fsp3) is 0.160. The van der Waals surface area contributed by atoms with E-state index in [1.165, 1.54) is 14.7 Å². The Morgan fingerprint density at radius 3 is 1.44 bits per heavy atom. The second kappa shape index (κ2) is 23.5. The molecule has 0 spiro atoms. The number of hydrogen-bond donors (Lipinski definition) is 2. The van der Waals surface area contributed by atoms with Gasteiger partial charge in [0.1, 0.15) is 34.3 Å². The van der Waals surface area contributed by atoms with E-state index in [-0.39, 0.29) is 7.43 Å². The van der Waals surface area contributed by atoms with Crippen LogP contribution in [0, 0.1) is 20.8 Å². The Morgan fingerprint density at radius 2 is 0.905 bits per heavy atom. The number of nitrogens with two attached hydrogens (primary N) is 1. The molecule has 9 rings (SSSR count). The van der Waals surface area contributed by atoms with Crippen molar-refractivity contribution in [3.63, 3.8) is 0 Å². The molecule has 0 aliphatic carbocycles. The first kappa shape index (κ1) is 48.1. The molecule has 0 aliphatic heterocycles. The summed E-state index contributed by atoms with van der Waals surface area (Å²) in [5.41, 5.74) is 11.3. The Labute approximate surface area is 388 Å². The number of nitrogens with one attached hydrogen (secondary N) is 1. The maximum absolute atomic E-state index is 5.91. The average Bonchev–Trinajstić information content (AvgIpc) is 3.29. The zero-order valence-electron chi connectivity index (χ0n) is 35.7. The number of benzene rings is 6. The number of thioether (sulfide) groups is 3. The third kappa shape index (κ3) is 13.3. The van der Waals surface area contributed by atoms with Gasteiger partial charge < -0.3 is 16.0 Å². The summed E-state index contributed by atoms with van der Waals surface area (Å²) < 4.78 is 0. The van der Waals surface area contributed by atoms with Gasteiger partial charge in [0, 0.05) is 55.0 Å². The summed E-state index contributed by atoms with van der Waals surface area (Å²) in [6.07, 6.45) is 6.20. The lowest BCUT2D eigenvalue weighted by molar-refractivity contribution is 1.04. The van der Waals surface area contributed by atoms with Gasteiger partial charge in [-0.3, -0.25) is 0 Å². The van der Waals surface area contributed by atoms with Crippen molar-refractivity contribution in [3.8, 4) is 0 Å². The highest BCUT2D eigenvalue weighted by Crippen LogP contribution is 2.30. The van der Waals surface area contributed by atoms with E-state index >= 15 is 0 Å². The SMILES string of the molecule is C.CSc1ccc(N(C)c2nc(C)nc3ccccc23)cc1.CSc1ccc(N)cc1.CSc1ccc(Nc2nc(C)nc3ccccc23)cc1.Cc1nc(Cl)c2ccccc2n1. The van der Waals surface area contributed by atoms with Crippen molar-refractivity contribution in [2.24, 2.45) is 0 Å². The van der Waals surface area contributed by atoms with Gasteiger partial charge in [-0.05, 0) is 149 Å². The number of fused-ring (bicyclic) bond motifs is 3. The van der Waals surface area contributed by atoms with E-state index in [4.69, 9.17) is 17.3 Å². The summed E-state index contributed by atoms with van der Waals surface area (Å²) in [6, 6.07) is 48.5. The highest BCUT2D eigenvalue weighted by Gasteiger charge is 2.12. The average molecular weight is 911 g/mol. The van der Waals surface area contributed by atoms with Crippen molar-refractivity contribution >= 4 is 108 Å². The third-order valence-corrected chi connectivity index (χ3v) is 11.8. The fourth-order valence-corrected chi connectivity index (χ4v) is 7.71. The van der Waals surface area contributed by atoms with Crippen LogP contribution in [0.1, 0.15) is 24.9 Å². The molecule has 63 heavy (non-hydrogen) atoms. The molecule has 0 atom stereocenters. The second-order valence-corrected chi connectivity index (χ2v) is 16.7. The lowest BCUT2D eigenvalue weighted by Gasteiger charge is -2.20. The molecule has 9 nitrogen and oxygen atoms in total. The number of aromatic nitrogens is 6. The Morgan fingerprint density at radius 1 is 0.492 bits per heavy atom. The molecule has 3 N–H and O–H groups in total. The fourth-order valence-electron chi connectivity index (χ4n) is 6.21. The quantitative estimate of drug-likeness (QED) is 0.0900. The molecule has 0 aliphatic rings. The van der Waals surface area contributed by atoms with Crippen LogP contribution in [-0.4, -0.2) is 55.7 Å². The largest absolute Gasteiger partial charge is 0.399 e. The van der Waals surface area contributed by atoms with E-state index < -0.39 is 0 Å². The minimum absolute atomic E-state index is 0. The summed E-state index contributed by atoms with van der Waals surface area (Å²) in [5.74, 6) is 4.06. The van der Waals surface area contributed by atoms with E-state index in [0.29, 0.717) is 11.0 Å². The smallest absolute Gasteiger partial charge is 0.144 e. The van der Waals surface area contributed by atoms with Crippen LogP contribution in [0.5, 0.6) is 0 Å². The third-order valence-electron chi connectivity index (χ3n) is 9.32. The van der Waals surface area contributed by atoms with E-state index in [0.717, 1.165) is 73.1 Å². The van der Waals surface area contributed by atoms with Crippen molar-refractivity contribution in [3.05, 3.63) is 168 Å². The number of halogens is 1. The number of nitrogens with zero attached hydrogens (tertiary/aromatic N) is 7. The maximum atomic E-state index is 5.91. The van der Waals surface area contributed by atoms with Crippen LogP contribution in [0.4, 0.5) is 28.7 Å². The van der Waals surface area contributed by atoms with Crippen molar-refractivity contribution < 1.29 is 0 Å². The summed E-state index contributed by atoms with van der Waals surface area (Å²) >= 11 is 11.1. The van der Waals surface area contributed by atoms with Gasteiger partial charge in [-0.1, -0.05) is 55.4 Å². The maximum Gasteiger partial charge on any atom is 0.144 e. The van der Waals surface area contributed by atoms with Crippen LogP contribution < -0.4 is 16.0 Å². The van der Waals surface area contributed by atoms with Crippen molar-refractivity contribution in [2.45, 2.75) is 42.9 Å². The minimum Gasteiger partial charge on any atom is -0.399 e. The van der Waals surface area contributed by atoms with Gasteiger partial charge in [0.2, 0.25) is 0 Å². The number of aryl methyl sites for hydroxylation is 3. The highest BCUT2D eigenvalue weighted by atomic mass is 35.5. The van der Waals surface area contributed by atoms with Crippen LogP contribution in [0.15, 0.2) is 160 Å². The van der Waals surface area contributed by atoms with Crippen molar-refractivity contribution in [1.29, 1.82) is 0 Å². The molecule has 0 fully saturated rings. The van der Waals surface area contributed by atoms with E-state index in [2.05, 4.69) is 107 Å². The zero-order chi connectivity index (χ0) is 44.0. The highest BCUT2D eigenvalue weighted by molar-refractivity contribution is 7.99. The van der Waals surface area contributed by atoms with Crippen LogP contribution in [0.2, 0.25) is 5.15 Å². The van der Waals surface area contributed by atoms with E-state index in [1.807, 2.05) is 125 Å². The van der Waals surface area contributed by atoms with Gasteiger partial charge in [-0.2, -0.15) is 0 Å². The van der Waals surface area contributed by atoms with Gasteiger partial charge in [-0.15, -0.1) is 35.3 Å². The van der Waals surface area contributed by atoms with Crippen LogP contribution in [0.3, 0.4) is 0 Å². The molecule has 0 saturated carbocycles. The van der Waals surface area contributed by atoms with Crippen molar-refractivity contribution in [1.82, 2.24) is 29.9 Å². The lowest BCUT2D eigenvalue weighted by Crippen LogP contribution is -2.12. The van der Waals surface area contributed by atoms with E-state index in [1.54, 1.807) is 35.3 Å². The molecule has 0 amide bonds. The number of hydrogen-bond acceptors (Lipinski definition) is 12. The topological polar surface area (TPSA) is 119 Å². The monoisotopic (exact) mass is 909 g/mol. The molecule has 6 aromatic carbocycles. The first-order valence-corrected chi connectivity index (χ1v) is 23.6. The molecular weight excluding hydrogens is 858 g/mol. The van der Waals surface area contributed by atoms with Gasteiger partial charge in [0.05, 0.1) is 16.6 Å². The molecule has 322 valence electrons. The molecule has 13 heteroatoms. The Balaban J connectivity index is 0.000000165. The Hall–Kier alpha value is -5.92. The van der Waals surface area contributed by atoms with Crippen LogP contribution >= 0.6 is 46.9 Å². The predicted molar refractivity (Wildman–Crippen MR) is 275 cm³/mol. The van der Waals surface area contributed by atoms with E-state index in [9.17, 15) is 0 Å². The van der Waals surface area contributed by atoms with Crippen LogP contribution in [0.25, 0.3) is 32.7 Å². The van der Waals surface area contributed by atoms with Gasteiger partial charge in [0.15, 0.2) is 0 Å². The molecule has 3 aromatic heterocycles. The summed E-state index contributed by atoms with van der Waals surface area (Å²) in [5, 5.41) is 6.92. The Bertz CT molecular complexity index is 2860. The normalized spacial score (nSPS) is 10.3. The van der Waals surface area contributed by atoms with Gasteiger partial charge >= 0.3 is 0 Å². The molecule has 9 aromatic rings. The zero-order valence-corrected chi connectivity index (χ0v) is 38.9.